The van der Waals surface area contributed by atoms with Crippen LogP contribution in [-0.2, 0) is 4.79 Å². The van der Waals surface area contributed by atoms with Crippen LogP contribution in [0.3, 0.4) is 0 Å². The summed E-state index contributed by atoms with van der Waals surface area (Å²) < 4.78 is 0. The number of carbonyl (C=O) groups excluding carboxylic acids is 1. The first kappa shape index (κ1) is 12.8. The molecule has 1 saturated heterocycles. The molecule has 0 spiro atoms. The molecule has 2 rings (SSSR count). The number of nitrogens with one attached hydrogen (secondary N) is 1. The molecule has 1 saturated carbocycles. The quantitative estimate of drug-likeness (QED) is 0.768. The van der Waals surface area contributed by atoms with Gasteiger partial charge in [-0.1, -0.05) is 12.8 Å². The summed E-state index contributed by atoms with van der Waals surface area (Å²) in [6.45, 7) is 2.12. The van der Waals surface area contributed by atoms with Crippen LogP contribution in [0.4, 0.5) is 0 Å². The highest BCUT2D eigenvalue weighted by Gasteiger charge is 2.32. The molecule has 1 aliphatic heterocycles. The van der Waals surface area contributed by atoms with Gasteiger partial charge in [0, 0.05) is 24.5 Å². The van der Waals surface area contributed by atoms with Gasteiger partial charge >= 0.3 is 0 Å². The first-order valence-corrected chi connectivity index (χ1v) is 6.84. The standard InChI is InChI=1S/C13H25N3O/c1-16-8-4-5-11(10-16)15-12(17)9-13(14)6-2-3-7-13/h11H,2-10,14H2,1H3,(H,15,17). The minimum Gasteiger partial charge on any atom is -0.352 e. The normalized spacial score (nSPS) is 29.2. The minimum atomic E-state index is -0.218. The number of likely N-dealkylation sites (N-methyl/N-ethyl adjacent to an activating group) is 1. The van der Waals surface area contributed by atoms with Crippen LogP contribution in [0.2, 0.25) is 0 Å². The van der Waals surface area contributed by atoms with Gasteiger partial charge in [0.2, 0.25) is 5.91 Å². The SMILES string of the molecule is CN1CCCC(NC(=O)CC2(N)CCCC2)C1. The zero-order valence-electron chi connectivity index (χ0n) is 10.9. The lowest BCUT2D eigenvalue weighted by Gasteiger charge is -2.31. The van der Waals surface area contributed by atoms with E-state index in [1.165, 1.54) is 19.3 Å². The Kier molecular flexibility index (Phi) is 4.05. The predicted octanol–water partition coefficient (Wildman–Crippen LogP) is 0.858. The van der Waals surface area contributed by atoms with Crippen LogP contribution in [-0.4, -0.2) is 42.5 Å². The highest BCUT2D eigenvalue weighted by Crippen LogP contribution is 2.29. The van der Waals surface area contributed by atoms with E-state index < -0.39 is 0 Å². The molecule has 4 heteroatoms. The number of hydrogen-bond donors (Lipinski definition) is 2. The fourth-order valence-corrected chi connectivity index (χ4v) is 3.14. The Morgan fingerprint density at radius 2 is 2.12 bits per heavy atom. The lowest BCUT2D eigenvalue weighted by atomic mass is 9.94. The van der Waals surface area contributed by atoms with Crippen molar-refractivity contribution in [2.24, 2.45) is 5.73 Å². The van der Waals surface area contributed by atoms with Crippen molar-refractivity contribution in [3.05, 3.63) is 0 Å². The van der Waals surface area contributed by atoms with Crippen LogP contribution in [0.15, 0.2) is 0 Å². The average molecular weight is 239 g/mol. The third-order valence-electron chi connectivity index (χ3n) is 4.10. The summed E-state index contributed by atoms with van der Waals surface area (Å²) in [7, 11) is 2.11. The summed E-state index contributed by atoms with van der Waals surface area (Å²) in [5, 5.41) is 3.14. The van der Waals surface area contributed by atoms with Crippen molar-refractivity contribution >= 4 is 5.91 Å². The topological polar surface area (TPSA) is 58.4 Å². The molecule has 0 bridgehead atoms. The lowest BCUT2D eigenvalue weighted by Crippen LogP contribution is -2.49. The zero-order valence-corrected chi connectivity index (χ0v) is 10.9. The summed E-state index contributed by atoms with van der Waals surface area (Å²) >= 11 is 0. The monoisotopic (exact) mass is 239 g/mol. The maximum absolute atomic E-state index is 12.0. The van der Waals surface area contributed by atoms with Gasteiger partial charge in [0.15, 0.2) is 0 Å². The molecular weight excluding hydrogens is 214 g/mol. The van der Waals surface area contributed by atoms with Gasteiger partial charge in [-0.15, -0.1) is 0 Å². The van der Waals surface area contributed by atoms with Crippen molar-refractivity contribution in [1.82, 2.24) is 10.2 Å². The molecule has 2 fully saturated rings. The van der Waals surface area contributed by atoms with E-state index in [9.17, 15) is 4.79 Å². The van der Waals surface area contributed by atoms with Gasteiger partial charge in [-0.3, -0.25) is 4.79 Å². The molecular formula is C13H25N3O. The molecule has 98 valence electrons. The van der Waals surface area contributed by atoms with E-state index in [-0.39, 0.29) is 11.4 Å². The van der Waals surface area contributed by atoms with Gasteiger partial charge in [-0.05, 0) is 39.3 Å². The molecule has 0 aromatic carbocycles. The Balaban J connectivity index is 1.76. The Labute approximate surface area is 104 Å². The van der Waals surface area contributed by atoms with Gasteiger partial charge in [-0.25, -0.2) is 0 Å². The zero-order chi connectivity index (χ0) is 12.3. The second kappa shape index (κ2) is 5.36. The van der Waals surface area contributed by atoms with E-state index in [1.807, 2.05) is 0 Å². The van der Waals surface area contributed by atoms with Crippen molar-refractivity contribution < 1.29 is 4.79 Å². The molecule has 1 heterocycles. The summed E-state index contributed by atoms with van der Waals surface area (Å²) in [6.07, 6.45) is 7.15. The van der Waals surface area contributed by atoms with Crippen LogP contribution in [0.5, 0.6) is 0 Å². The molecule has 17 heavy (non-hydrogen) atoms. The number of rotatable bonds is 3. The number of nitrogens with two attached hydrogens (primary N) is 1. The van der Waals surface area contributed by atoms with E-state index in [2.05, 4.69) is 17.3 Å². The van der Waals surface area contributed by atoms with Gasteiger partial charge in [0.1, 0.15) is 0 Å². The second-order valence-electron chi connectivity index (χ2n) is 5.92. The highest BCUT2D eigenvalue weighted by molar-refractivity contribution is 5.77. The van der Waals surface area contributed by atoms with E-state index in [4.69, 9.17) is 5.73 Å². The Bertz CT molecular complexity index is 274. The molecule has 0 radical (unpaired) electrons. The van der Waals surface area contributed by atoms with Gasteiger partial charge in [0.05, 0.1) is 0 Å². The maximum atomic E-state index is 12.0. The molecule has 2 aliphatic rings. The third-order valence-corrected chi connectivity index (χ3v) is 4.10. The maximum Gasteiger partial charge on any atom is 0.222 e. The van der Waals surface area contributed by atoms with E-state index >= 15 is 0 Å². The first-order valence-electron chi connectivity index (χ1n) is 6.84. The molecule has 0 aromatic rings. The smallest absolute Gasteiger partial charge is 0.222 e. The molecule has 1 unspecified atom stereocenters. The summed E-state index contributed by atoms with van der Waals surface area (Å²) in [6, 6.07) is 0.325. The highest BCUT2D eigenvalue weighted by atomic mass is 16.1. The molecule has 0 aromatic heterocycles. The fourth-order valence-electron chi connectivity index (χ4n) is 3.14. The Hall–Kier alpha value is -0.610. The van der Waals surface area contributed by atoms with Crippen LogP contribution in [0.25, 0.3) is 0 Å². The van der Waals surface area contributed by atoms with Gasteiger partial charge in [0.25, 0.3) is 0 Å². The largest absolute Gasteiger partial charge is 0.352 e. The summed E-state index contributed by atoms with van der Waals surface area (Å²) in [4.78, 5) is 14.2. The van der Waals surface area contributed by atoms with Gasteiger partial charge in [-0.2, -0.15) is 0 Å². The number of hydrogen-bond acceptors (Lipinski definition) is 3. The Morgan fingerprint density at radius 3 is 2.76 bits per heavy atom. The number of amides is 1. The summed E-state index contributed by atoms with van der Waals surface area (Å²) in [5.74, 6) is 0.148. The number of nitrogens with zero attached hydrogens (tertiary/aromatic N) is 1. The molecule has 4 nitrogen and oxygen atoms in total. The van der Waals surface area contributed by atoms with Crippen LogP contribution < -0.4 is 11.1 Å². The van der Waals surface area contributed by atoms with E-state index in [1.54, 1.807) is 0 Å². The fraction of sp³-hybridized carbons (Fsp3) is 0.923. The Morgan fingerprint density at radius 1 is 1.41 bits per heavy atom. The van der Waals surface area contributed by atoms with E-state index in [0.717, 1.165) is 32.4 Å². The second-order valence-corrected chi connectivity index (χ2v) is 5.92. The number of piperidine rings is 1. The molecule has 1 amide bonds. The van der Waals surface area contributed by atoms with Crippen molar-refractivity contribution in [2.75, 3.05) is 20.1 Å². The van der Waals surface area contributed by atoms with Crippen molar-refractivity contribution in [3.8, 4) is 0 Å². The molecule has 1 atom stereocenters. The molecule has 3 N–H and O–H groups in total. The van der Waals surface area contributed by atoms with Crippen LogP contribution >= 0.6 is 0 Å². The van der Waals surface area contributed by atoms with Crippen LogP contribution in [0, 0.1) is 0 Å². The minimum absolute atomic E-state index is 0.148. The van der Waals surface area contributed by atoms with Crippen molar-refractivity contribution in [1.29, 1.82) is 0 Å². The number of carbonyl (C=O) groups is 1. The summed E-state index contributed by atoms with van der Waals surface area (Å²) in [5.41, 5.74) is 6.00. The number of likely N-dealkylation sites (tertiary alicyclic amines) is 1. The van der Waals surface area contributed by atoms with Crippen LogP contribution in [0.1, 0.15) is 44.9 Å². The predicted molar refractivity (Wildman–Crippen MR) is 68.7 cm³/mol. The van der Waals surface area contributed by atoms with Gasteiger partial charge < -0.3 is 16.0 Å². The van der Waals surface area contributed by atoms with Crippen molar-refractivity contribution in [2.45, 2.75) is 56.5 Å². The lowest BCUT2D eigenvalue weighted by molar-refractivity contribution is -0.123. The van der Waals surface area contributed by atoms with Crippen molar-refractivity contribution in [3.63, 3.8) is 0 Å². The average Bonchev–Trinajstić information content (AvgIpc) is 2.64. The third kappa shape index (κ3) is 3.68. The molecule has 1 aliphatic carbocycles. The first-order chi connectivity index (χ1) is 8.07. The van der Waals surface area contributed by atoms with E-state index in [0.29, 0.717) is 12.5 Å².